The number of hydrogen-bond acceptors (Lipinski definition) is 2. The van der Waals surface area contributed by atoms with Crippen LogP contribution in [0, 0.1) is 3.57 Å². The van der Waals surface area contributed by atoms with Crippen LogP contribution in [0.3, 0.4) is 0 Å². The Bertz CT molecular complexity index is 661. The minimum absolute atomic E-state index is 0.186. The third kappa shape index (κ3) is 3.62. The number of rotatable bonds is 2. The maximum atomic E-state index is 9.95. The lowest BCUT2D eigenvalue weighted by atomic mass is 10.2. The van der Waals surface area contributed by atoms with E-state index in [0.717, 1.165) is 8.04 Å². The van der Waals surface area contributed by atoms with Gasteiger partial charge in [-0.05, 0) is 46.9 Å². The van der Waals surface area contributed by atoms with Crippen LogP contribution in [0.2, 0.25) is 10.0 Å². The van der Waals surface area contributed by atoms with E-state index in [1.54, 1.807) is 30.5 Å². The molecule has 0 heterocycles. The Morgan fingerprint density at radius 1 is 1.26 bits per heavy atom. The molecule has 0 aromatic heterocycles. The third-order valence-corrected chi connectivity index (χ3v) is 4.42. The Kier molecular flexibility index (Phi) is 5.11. The van der Waals surface area contributed by atoms with Crippen molar-refractivity contribution in [3.63, 3.8) is 0 Å². The molecule has 0 aliphatic heterocycles. The quantitative estimate of drug-likeness (QED) is 0.435. The van der Waals surface area contributed by atoms with Crippen LogP contribution in [-0.2, 0) is 0 Å². The fraction of sp³-hybridized carbons (Fsp3) is 0. The highest BCUT2D eigenvalue weighted by Gasteiger charge is 2.06. The lowest BCUT2D eigenvalue weighted by molar-refractivity contribution is 0.470. The van der Waals surface area contributed by atoms with Gasteiger partial charge in [-0.15, -0.1) is 0 Å². The molecule has 2 rings (SSSR count). The number of nitrogens with zero attached hydrogens (tertiary/aromatic N) is 1. The van der Waals surface area contributed by atoms with Crippen molar-refractivity contribution < 1.29 is 5.11 Å². The molecule has 2 aromatic carbocycles. The number of phenols is 1. The van der Waals surface area contributed by atoms with Gasteiger partial charge in [-0.25, -0.2) is 0 Å². The van der Waals surface area contributed by atoms with Crippen LogP contribution in [0.1, 0.15) is 5.56 Å². The molecule has 0 amide bonds. The average Bonchev–Trinajstić information content (AvgIpc) is 2.36. The van der Waals surface area contributed by atoms with Gasteiger partial charge < -0.3 is 5.11 Å². The molecule has 6 heteroatoms. The van der Waals surface area contributed by atoms with Crippen LogP contribution < -0.4 is 0 Å². The zero-order valence-corrected chi connectivity index (χ0v) is 14.6. The standard InChI is InChI=1S/C13H7BrCl2INO/c14-8-4-7(13(19)10(17)5-8)6-18-11-3-1-2-9(15)12(11)16/h1-6,19H. The van der Waals surface area contributed by atoms with Gasteiger partial charge in [-0.1, -0.05) is 45.2 Å². The summed E-state index contributed by atoms with van der Waals surface area (Å²) in [6.07, 6.45) is 1.56. The van der Waals surface area contributed by atoms with Crippen molar-refractivity contribution in [2.75, 3.05) is 0 Å². The number of aromatic hydroxyl groups is 1. The van der Waals surface area contributed by atoms with Crippen molar-refractivity contribution >= 4 is 73.6 Å². The molecule has 0 fully saturated rings. The van der Waals surface area contributed by atoms with Gasteiger partial charge in [0.2, 0.25) is 0 Å². The molecule has 0 atom stereocenters. The smallest absolute Gasteiger partial charge is 0.137 e. The van der Waals surface area contributed by atoms with E-state index >= 15 is 0 Å². The second kappa shape index (κ2) is 6.43. The number of halogens is 4. The fourth-order valence-corrected chi connectivity index (χ4v) is 3.31. The molecule has 0 unspecified atom stereocenters. The first-order valence-electron chi connectivity index (χ1n) is 5.15. The molecule has 0 aliphatic rings. The highest BCUT2D eigenvalue weighted by atomic mass is 127. The number of benzene rings is 2. The Hall–Kier alpha value is -0.300. The van der Waals surface area contributed by atoms with E-state index in [4.69, 9.17) is 23.2 Å². The van der Waals surface area contributed by atoms with Crippen LogP contribution >= 0.6 is 61.7 Å². The van der Waals surface area contributed by atoms with Gasteiger partial charge >= 0.3 is 0 Å². The van der Waals surface area contributed by atoms with Crippen LogP contribution in [-0.4, -0.2) is 11.3 Å². The van der Waals surface area contributed by atoms with Gasteiger partial charge in [0.25, 0.3) is 0 Å². The molecule has 0 saturated heterocycles. The summed E-state index contributed by atoms with van der Waals surface area (Å²) in [4.78, 5) is 4.25. The van der Waals surface area contributed by atoms with Gasteiger partial charge in [0.1, 0.15) is 5.75 Å². The van der Waals surface area contributed by atoms with Gasteiger partial charge in [-0.3, -0.25) is 4.99 Å². The first-order chi connectivity index (χ1) is 8.99. The Balaban J connectivity index is 2.41. The maximum Gasteiger partial charge on any atom is 0.137 e. The normalized spacial score (nSPS) is 11.2. The van der Waals surface area contributed by atoms with E-state index in [0.29, 0.717) is 21.3 Å². The Morgan fingerprint density at radius 3 is 2.74 bits per heavy atom. The molecule has 2 aromatic rings. The zero-order valence-electron chi connectivity index (χ0n) is 9.37. The lowest BCUT2D eigenvalue weighted by Crippen LogP contribution is -1.86. The van der Waals surface area contributed by atoms with Crippen LogP contribution in [0.4, 0.5) is 5.69 Å². The first-order valence-corrected chi connectivity index (χ1v) is 7.78. The predicted molar refractivity (Wildman–Crippen MR) is 92.2 cm³/mol. The van der Waals surface area contributed by atoms with E-state index < -0.39 is 0 Å². The first kappa shape index (κ1) is 15.1. The minimum atomic E-state index is 0.186. The number of aliphatic imine (C=N–C) groups is 1. The fourth-order valence-electron chi connectivity index (χ4n) is 1.42. The van der Waals surface area contributed by atoms with Crippen molar-refractivity contribution in [2.45, 2.75) is 0 Å². The predicted octanol–water partition coefficient (Wildman–Crippen LogP) is 5.82. The van der Waals surface area contributed by atoms with Crippen LogP contribution in [0.15, 0.2) is 39.8 Å². The average molecular weight is 471 g/mol. The lowest BCUT2D eigenvalue weighted by Gasteiger charge is -2.03. The summed E-state index contributed by atoms with van der Waals surface area (Å²) >= 11 is 17.4. The molecule has 0 spiro atoms. The molecule has 0 radical (unpaired) electrons. The highest BCUT2D eigenvalue weighted by Crippen LogP contribution is 2.32. The minimum Gasteiger partial charge on any atom is -0.506 e. The number of hydrogen-bond donors (Lipinski definition) is 1. The van der Waals surface area contributed by atoms with Gasteiger partial charge in [0, 0.05) is 16.3 Å². The topological polar surface area (TPSA) is 32.6 Å². The summed E-state index contributed by atoms with van der Waals surface area (Å²) in [6.45, 7) is 0. The van der Waals surface area contributed by atoms with Gasteiger partial charge in [0.05, 0.1) is 19.3 Å². The second-order valence-electron chi connectivity index (χ2n) is 3.66. The van der Waals surface area contributed by atoms with Crippen molar-refractivity contribution in [3.05, 3.63) is 54.0 Å². The van der Waals surface area contributed by atoms with E-state index in [-0.39, 0.29) is 5.75 Å². The third-order valence-electron chi connectivity index (χ3n) is 2.33. The summed E-state index contributed by atoms with van der Waals surface area (Å²) in [6, 6.07) is 8.82. The molecular formula is C13H7BrCl2INO. The Labute approximate surface area is 142 Å². The summed E-state index contributed by atoms with van der Waals surface area (Å²) in [5.41, 5.74) is 1.17. The summed E-state index contributed by atoms with van der Waals surface area (Å²) < 4.78 is 1.61. The van der Waals surface area contributed by atoms with Crippen molar-refractivity contribution in [1.82, 2.24) is 0 Å². The molecule has 19 heavy (non-hydrogen) atoms. The molecule has 0 saturated carbocycles. The number of phenolic OH excluding ortho intramolecular Hbond substituents is 1. The SMILES string of the molecule is Oc1c(I)cc(Br)cc1C=Nc1cccc(Cl)c1Cl. The van der Waals surface area contributed by atoms with Gasteiger partial charge in [0.15, 0.2) is 0 Å². The summed E-state index contributed by atoms with van der Waals surface area (Å²) in [5, 5.41) is 10.8. The molecule has 2 nitrogen and oxygen atoms in total. The largest absolute Gasteiger partial charge is 0.506 e. The highest BCUT2D eigenvalue weighted by molar-refractivity contribution is 14.1. The molecule has 0 bridgehead atoms. The molecule has 0 aliphatic carbocycles. The van der Waals surface area contributed by atoms with Crippen molar-refractivity contribution in [1.29, 1.82) is 0 Å². The summed E-state index contributed by atoms with van der Waals surface area (Å²) in [5.74, 6) is 0.186. The van der Waals surface area contributed by atoms with E-state index in [1.807, 2.05) is 6.07 Å². The maximum absolute atomic E-state index is 9.95. The summed E-state index contributed by atoms with van der Waals surface area (Å²) in [7, 11) is 0. The van der Waals surface area contributed by atoms with E-state index in [1.165, 1.54) is 0 Å². The monoisotopic (exact) mass is 469 g/mol. The molecule has 98 valence electrons. The molecule has 1 N–H and O–H groups in total. The van der Waals surface area contributed by atoms with Crippen molar-refractivity contribution in [3.8, 4) is 5.75 Å². The van der Waals surface area contributed by atoms with Crippen LogP contribution in [0.5, 0.6) is 5.75 Å². The van der Waals surface area contributed by atoms with E-state index in [2.05, 4.69) is 43.5 Å². The van der Waals surface area contributed by atoms with Crippen LogP contribution in [0.25, 0.3) is 0 Å². The zero-order chi connectivity index (χ0) is 14.0. The van der Waals surface area contributed by atoms with Gasteiger partial charge in [-0.2, -0.15) is 0 Å². The van der Waals surface area contributed by atoms with Crippen molar-refractivity contribution in [2.24, 2.45) is 4.99 Å². The van der Waals surface area contributed by atoms with E-state index in [9.17, 15) is 5.11 Å². The molecular weight excluding hydrogens is 464 g/mol. The second-order valence-corrected chi connectivity index (χ2v) is 6.52. The Morgan fingerprint density at radius 2 is 2.00 bits per heavy atom.